The normalized spacial score (nSPS) is 11.5. The molecule has 4 N–H and O–H groups in total. The van der Waals surface area contributed by atoms with Gasteiger partial charge in [0.15, 0.2) is 6.04 Å². The summed E-state index contributed by atoms with van der Waals surface area (Å²) < 4.78 is 10.7. The summed E-state index contributed by atoms with van der Waals surface area (Å²) in [5.41, 5.74) is 8.75. The molecule has 0 aromatic heterocycles. The Bertz CT molecular complexity index is 788. The molecule has 144 valence electrons. The third-order valence-corrected chi connectivity index (χ3v) is 4.13. The number of nitrogens with one attached hydrogen (secondary N) is 2. The van der Waals surface area contributed by atoms with Gasteiger partial charge in [0.2, 0.25) is 0 Å². The van der Waals surface area contributed by atoms with Crippen LogP contribution >= 0.6 is 0 Å². The van der Waals surface area contributed by atoms with Crippen LogP contribution in [0.25, 0.3) is 0 Å². The molecule has 0 amide bonds. The fourth-order valence-corrected chi connectivity index (χ4v) is 2.82. The smallest absolute Gasteiger partial charge is 0.333 e. The number of hydrogen-bond acceptors (Lipinski definition) is 5. The minimum Gasteiger partial charge on any atom is -0.497 e. The lowest BCUT2D eigenvalue weighted by Crippen LogP contribution is -2.23. The maximum atomic E-state index is 12.6. The zero-order valence-electron chi connectivity index (χ0n) is 16.0. The van der Waals surface area contributed by atoms with E-state index in [2.05, 4.69) is 12.2 Å². The van der Waals surface area contributed by atoms with E-state index < -0.39 is 6.04 Å². The molecule has 6 nitrogen and oxygen atoms in total. The van der Waals surface area contributed by atoms with Gasteiger partial charge in [0.1, 0.15) is 11.6 Å². The van der Waals surface area contributed by atoms with Gasteiger partial charge in [0.05, 0.1) is 13.7 Å². The average molecular weight is 369 g/mol. The third-order valence-electron chi connectivity index (χ3n) is 4.13. The number of anilines is 1. The molecule has 1 unspecified atom stereocenters. The molecular formula is C21H27N3O3. The van der Waals surface area contributed by atoms with Gasteiger partial charge in [0, 0.05) is 11.3 Å². The fraction of sp³-hybridized carbons (Fsp3) is 0.333. The predicted octanol–water partition coefficient (Wildman–Crippen LogP) is 3.65. The van der Waals surface area contributed by atoms with Crippen LogP contribution in [0.15, 0.2) is 42.5 Å². The Hall–Kier alpha value is -3.02. The number of ether oxygens (including phenoxy) is 2. The Morgan fingerprint density at radius 3 is 2.44 bits per heavy atom. The van der Waals surface area contributed by atoms with Crippen molar-refractivity contribution in [1.82, 2.24) is 0 Å². The molecule has 0 fully saturated rings. The SMILES string of the molecule is CCCc1cc(OC)cc(C(Nc2ccc(C(=N)N)cc2)C(=O)OCC)c1. The van der Waals surface area contributed by atoms with Gasteiger partial charge in [-0.1, -0.05) is 19.4 Å². The van der Waals surface area contributed by atoms with E-state index in [0.29, 0.717) is 17.9 Å². The van der Waals surface area contributed by atoms with Crippen molar-refractivity contribution in [3.8, 4) is 5.75 Å². The third kappa shape index (κ3) is 5.48. The van der Waals surface area contributed by atoms with Gasteiger partial charge < -0.3 is 20.5 Å². The number of nitrogens with two attached hydrogens (primary N) is 1. The monoisotopic (exact) mass is 369 g/mol. The van der Waals surface area contributed by atoms with Crippen molar-refractivity contribution < 1.29 is 14.3 Å². The number of nitrogen functional groups attached to an aromatic ring is 1. The number of methoxy groups -OCH3 is 1. The van der Waals surface area contributed by atoms with E-state index >= 15 is 0 Å². The molecule has 2 aromatic rings. The summed E-state index contributed by atoms with van der Waals surface area (Å²) in [6, 6.07) is 12.2. The molecule has 0 saturated heterocycles. The highest BCUT2D eigenvalue weighted by atomic mass is 16.5. The van der Waals surface area contributed by atoms with E-state index in [-0.39, 0.29) is 11.8 Å². The summed E-state index contributed by atoms with van der Waals surface area (Å²) in [5.74, 6) is 0.350. The molecule has 0 bridgehead atoms. The molecule has 0 heterocycles. The van der Waals surface area contributed by atoms with E-state index in [1.54, 1.807) is 38.3 Å². The second-order valence-electron chi connectivity index (χ2n) is 6.18. The van der Waals surface area contributed by atoms with Crippen molar-refractivity contribution in [2.24, 2.45) is 5.73 Å². The van der Waals surface area contributed by atoms with Gasteiger partial charge in [-0.25, -0.2) is 4.79 Å². The van der Waals surface area contributed by atoms with Crippen LogP contribution in [0.4, 0.5) is 5.69 Å². The standard InChI is InChI=1S/C21H27N3O3/c1-4-6-14-11-16(13-18(12-14)26-3)19(21(25)27-5-2)24-17-9-7-15(8-10-17)20(22)23/h7-13,19,24H,4-6H2,1-3H3,(H3,22,23). The van der Waals surface area contributed by atoms with Crippen LogP contribution in [0.1, 0.15) is 43.0 Å². The largest absolute Gasteiger partial charge is 0.497 e. The van der Waals surface area contributed by atoms with Crippen LogP contribution in [0.3, 0.4) is 0 Å². The fourth-order valence-electron chi connectivity index (χ4n) is 2.82. The zero-order valence-corrected chi connectivity index (χ0v) is 16.0. The zero-order chi connectivity index (χ0) is 19.8. The highest BCUT2D eigenvalue weighted by Crippen LogP contribution is 2.27. The van der Waals surface area contributed by atoms with Crippen LogP contribution < -0.4 is 15.8 Å². The van der Waals surface area contributed by atoms with E-state index in [0.717, 1.165) is 29.7 Å². The Kier molecular flexibility index (Phi) is 7.23. The maximum Gasteiger partial charge on any atom is 0.333 e. The van der Waals surface area contributed by atoms with Crippen molar-refractivity contribution >= 4 is 17.5 Å². The summed E-state index contributed by atoms with van der Waals surface area (Å²) >= 11 is 0. The van der Waals surface area contributed by atoms with Gasteiger partial charge in [0.25, 0.3) is 0 Å². The molecule has 0 saturated carbocycles. The van der Waals surface area contributed by atoms with Crippen molar-refractivity contribution in [3.05, 3.63) is 59.2 Å². The number of amidine groups is 1. The first-order valence-electron chi connectivity index (χ1n) is 9.04. The first kappa shape index (κ1) is 20.3. The van der Waals surface area contributed by atoms with E-state index in [1.807, 2.05) is 18.2 Å². The molecule has 0 aliphatic heterocycles. The minimum absolute atomic E-state index is 0.000459. The number of carbonyl (C=O) groups excluding carboxylic acids is 1. The van der Waals surface area contributed by atoms with Crippen molar-refractivity contribution in [1.29, 1.82) is 5.41 Å². The van der Waals surface area contributed by atoms with Crippen molar-refractivity contribution in [2.75, 3.05) is 19.0 Å². The minimum atomic E-state index is -0.668. The van der Waals surface area contributed by atoms with Gasteiger partial charge in [-0.05, 0) is 60.9 Å². The molecule has 0 spiro atoms. The van der Waals surface area contributed by atoms with Gasteiger partial charge >= 0.3 is 5.97 Å². The number of benzene rings is 2. The summed E-state index contributed by atoms with van der Waals surface area (Å²) in [6.07, 6.45) is 1.89. The summed E-state index contributed by atoms with van der Waals surface area (Å²) in [7, 11) is 1.61. The lowest BCUT2D eigenvalue weighted by Gasteiger charge is -2.20. The molecule has 27 heavy (non-hydrogen) atoms. The first-order valence-corrected chi connectivity index (χ1v) is 9.04. The van der Waals surface area contributed by atoms with E-state index in [1.165, 1.54) is 0 Å². The summed E-state index contributed by atoms with van der Waals surface area (Å²) in [4.78, 5) is 12.6. The molecule has 0 aliphatic rings. The van der Waals surface area contributed by atoms with Crippen molar-refractivity contribution in [3.63, 3.8) is 0 Å². The first-order chi connectivity index (χ1) is 13.0. The van der Waals surface area contributed by atoms with Crippen LogP contribution in [0, 0.1) is 5.41 Å². The summed E-state index contributed by atoms with van der Waals surface area (Å²) in [5, 5.41) is 10.7. The van der Waals surface area contributed by atoms with E-state index in [4.69, 9.17) is 20.6 Å². The second kappa shape index (κ2) is 9.62. The Labute approximate surface area is 160 Å². The highest BCUT2D eigenvalue weighted by molar-refractivity contribution is 5.95. The topological polar surface area (TPSA) is 97.4 Å². The molecule has 2 aromatic carbocycles. The van der Waals surface area contributed by atoms with Crippen LogP contribution in [0.5, 0.6) is 5.75 Å². The summed E-state index contributed by atoms with van der Waals surface area (Å²) in [6.45, 7) is 4.19. The van der Waals surface area contributed by atoms with Crippen molar-refractivity contribution in [2.45, 2.75) is 32.7 Å². The lowest BCUT2D eigenvalue weighted by molar-refractivity contribution is -0.144. The van der Waals surface area contributed by atoms with Crippen LogP contribution in [-0.4, -0.2) is 25.5 Å². The number of aryl methyl sites for hydroxylation is 1. The van der Waals surface area contributed by atoms with E-state index in [9.17, 15) is 4.79 Å². The lowest BCUT2D eigenvalue weighted by atomic mass is 10.0. The molecule has 2 rings (SSSR count). The molecule has 1 atom stereocenters. The predicted molar refractivity (Wildman–Crippen MR) is 107 cm³/mol. The highest BCUT2D eigenvalue weighted by Gasteiger charge is 2.23. The average Bonchev–Trinajstić information content (AvgIpc) is 2.66. The van der Waals surface area contributed by atoms with Gasteiger partial charge in [-0.3, -0.25) is 5.41 Å². The molecular weight excluding hydrogens is 342 g/mol. The Morgan fingerprint density at radius 2 is 1.89 bits per heavy atom. The van der Waals surface area contributed by atoms with Gasteiger partial charge in [-0.2, -0.15) is 0 Å². The molecule has 0 aliphatic carbocycles. The second-order valence-corrected chi connectivity index (χ2v) is 6.18. The van der Waals surface area contributed by atoms with Crippen LogP contribution in [-0.2, 0) is 16.0 Å². The Morgan fingerprint density at radius 1 is 1.19 bits per heavy atom. The van der Waals surface area contributed by atoms with Gasteiger partial charge in [-0.15, -0.1) is 0 Å². The number of hydrogen-bond donors (Lipinski definition) is 3. The number of esters is 1. The van der Waals surface area contributed by atoms with Crippen LogP contribution in [0.2, 0.25) is 0 Å². The quantitative estimate of drug-likeness (QED) is 0.356. The maximum absolute atomic E-state index is 12.6. The number of rotatable bonds is 9. The molecule has 0 radical (unpaired) electrons. The Balaban J connectivity index is 2.38. The molecule has 6 heteroatoms. The number of carbonyl (C=O) groups is 1.